The maximum Gasteiger partial charge on any atom is 0.373 e. The van der Waals surface area contributed by atoms with Gasteiger partial charge in [0, 0.05) is 20.3 Å². The van der Waals surface area contributed by atoms with Crippen molar-refractivity contribution in [1.82, 2.24) is 4.90 Å². The number of esters is 2. The fourth-order valence-electron chi connectivity index (χ4n) is 2.87. The van der Waals surface area contributed by atoms with E-state index in [1.54, 1.807) is 7.11 Å². The number of furan rings is 1. The van der Waals surface area contributed by atoms with Crippen LogP contribution in [0.4, 0.5) is 0 Å². The molecule has 0 unspecified atom stereocenters. The smallest absolute Gasteiger partial charge is 0.373 e. The lowest BCUT2D eigenvalue weighted by atomic mass is 10.1. The van der Waals surface area contributed by atoms with Crippen LogP contribution in [-0.4, -0.2) is 56.0 Å². The van der Waals surface area contributed by atoms with Gasteiger partial charge in [-0.25, -0.2) is 9.59 Å². The number of imide groups is 1. The summed E-state index contributed by atoms with van der Waals surface area (Å²) in [7, 11) is 2.77. The molecule has 0 spiro atoms. The first-order chi connectivity index (χ1) is 14.0. The van der Waals surface area contributed by atoms with Gasteiger partial charge < -0.3 is 18.6 Å². The lowest BCUT2D eigenvalue weighted by Crippen LogP contribution is -2.31. The van der Waals surface area contributed by atoms with Crippen molar-refractivity contribution >= 4 is 23.8 Å². The maximum absolute atomic E-state index is 12.5. The van der Waals surface area contributed by atoms with E-state index in [1.165, 1.54) is 37.4 Å². The van der Waals surface area contributed by atoms with Gasteiger partial charge in [0.15, 0.2) is 0 Å². The summed E-state index contributed by atoms with van der Waals surface area (Å²) in [5, 5.41) is 0. The maximum atomic E-state index is 12.5. The summed E-state index contributed by atoms with van der Waals surface area (Å²) in [6.45, 7) is 0.458. The van der Waals surface area contributed by atoms with Gasteiger partial charge in [0.05, 0.1) is 23.8 Å². The summed E-state index contributed by atoms with van der Waals surface area (Å²) >= 11 is 0. The highest BCUT2D eigenvalue weighted by molar-refractivity contribution is 6.21. The zero-order valence-electron chi connectivity index (χ0n) is 15.9. The molecule has 1 aromatic heterocycles. The van der Waals surface area contributed by atoms with Crippen LogP contribution in [0.15, 0.2) is 34.7 Å². The number of benzene rings is 1. The number of carbonyl (C=O) groups is 4. The van der Waals surface area contributed by atoms with Gasteiger partial charge in [-0.15, -0.1) is 0 Å². The summed E-state index contributed by atoms with van der Waals surface area (Å²) in [4.78, 5) is 49.7. The minimum atomic E-state index is -0.693. The summed E-state index contributed by atoms with van der Waals surface area (Å²) in [5.74, 6) is -1.93. The van der Waals surface area contributed by atoms with Crippen molar-refractivity contribution in [3.05, 3.63) is 58.5 Å². The van der Waals surface area contributed by atoms with Crippen molar-refractivity contribution in [2.45, 2.75) is 13.0 Å². The van der Waals surface area contributed by atoms with Crippen LogP contribution in [0.5, 0.6) is 0 Å². The number of ether oxygens (including phenoxy) is 3. The minimum Gasteiger partial charge on any atom is -0.463 e. The molecule has 0 saturated carbocycles. The highest BCUT2D eigenvalue weighted by Gasteiger charge is 2.35. The number of amides is 2. The molecule has 0 bridgehead atoms. The standard InChI is InChI=1S/C20H19NO8/c1-26-9-3-8-21-17(22)14-6-4-12(10-15(14)18(21)23)19(24)28-11-13-5-7-16(29-13)20(25)27-2/h4-7,10H,3,8-9,11H2,1-2H3. The molecule has 0 radical (unpaired) electrons. The largest absolute Gasteiger partial charge is 0.463 e. The Balaban J connectivity index is 1.66. The van der Waals surface area contributed by atoms with Gasteiger partial charge in [0.2, 0.25) is 5.76 Å². The quantitative estimate of drug-likeness (QED) is 0.375. The number of nitrogens with zero attached hydrogens (tertiary/aromatic N) is 1. The number of hydrogen-bond acceptors (Lipinski definition) is 8. The number of methoxy groups -OCH3 is 2. The first kappa shape index (κ1) is 20.3. The molecular weight excluding hydrogens is 382 g/mol. The van der Waals surface area contributed by atoms with Crippen LogP contribution >= 0.6 is 0 Å². The third-order valence-corrected chi connectivity index (χ3v) is 4.33. The number of hydrogen-bond donors (Lipinski definition) is 0. The lowest BCUT2D eigenvalue weighted by molar-refractivity contribution is 0.0438. The van der Waals surface area contributed by atoms with Crippen molar-refractivity contribution < 1.29 is 37.8 Å². The molecule has 1 aliphatic heterocycles. The minimum absolute atomic E-state index is 0.00578. The molecule has 9 nitrogen and oxygen atoms in total. The molecule has 0 aliphatic carbocycles. The highest BCUT2D eigenvalue weighted by atomic mass is 16.6. The Bertz CT molecular complexity index is 961. The van der Waals surface area contributed by atoms with E-state index in [0.29, 0.717) is 13.0 Å². The zero-order valence-corrected chi connectivity index (χ0v) is 15.9. The molecule has 0 fully saturated rings. The summed E-state index contributed by atoms with van der Waals surface area (Å²) in [5.41, 5.74) is 0.536. The van der Waals surface area contributed by atoms with Crippen molar-refractivity contribution in [3.63, 3.8) is 0 Å². The van der Waals surface area contributed by atoms with Crippen LogP contribution in [0.2, 0.25) is 0 Å². The van der Waals surface area contributed by atoms with Gasteiger partial charge in [-0.3, -0.25) is 14.5 Å². The predicted octanol–water partition coefficient (Wildman–Crippen LogP) is 2.06. The van der Waals surface area contributed by atoms with Crippen LogP contribution < -0.4 is 0 Å². The van der Waals surface area contributed by atoms with E-state index in [0.717, 1.165) is 4.90 Å². The molecule has 9 heteroatoms. The molecule has 3 rings (SSSR count). The number of rotatable bonds is 8. The van der Waals surface area contributed by atoms with Gasteiger partial charge in [-0.2, -0.15) is 0 Å². The first-order valence-corrected chi connectivity index (χ1v) is 8.79. The zero-order chi connectivity index (χ0) is 21.0. The Kier molecular flexibility index (Phi) is 6.08. The van der Waals surface area contributed by atoms with Gasteiger partial charge in [-0.05, 0) is 36.8 Å². The molecule has 2 amide bonds. The lowest BCUT2D eigenvalue weighted by Gasteiger charge is -2.12. The second-order valence-electron chi connectivity index (χ2n) is 6.20. The number of fused-ring (bicyclic) bond motifs is 1. The van der Waals surface area contributed by atoms with E-state index in [4.69, 9.17) is 13.9 Å². The Morgan fingerprint density at radius 3 is 2.48 bits per heavy atom. The fraction of sp³-hybridized carbons (Fsp3) is 0.300. The van der Waals surface area contributed by atoms with Gasteiger partial charge in [-0.1, -0.05) is 0 Å². The summed E-state index contributed by atoms with van der Waals surface area (Å²) in [6.07, 6.45) is 0.521. The second-order valence-corrected chi connectivity index (χ2v) is 6.20. The van der Waals surface area contributed by atoms with Crippen molar-refractivity contribution in [1.29, 1.82) is 0 Å². The predicted molar refractivity (Wildman–Crippen MR) is 97.5 cm³/mol. The summed E-state index contributed by atoms with van der Waals surface area (Å²) < 4.78 is 19.9. The molecule has 1 aromatic carbocycles. The molecule has 2 aromatic rings. The van der Waals surface area contributed by atoms with E-state index in [1.807, 2.05) is 0 Å². The van der Waals surface area contributed by atoms with Crippen LogP contribution in [0.3, 0.4) is 0 Å². The van der Waals surface area contributed by atoms with E-state index >= 15 is 0 Å². The first-order valence-electron chi connectivity index (χ1n) is 8.79. The van der Waals surface area contributed by atoms with Crippen molar-refractivity contribution in [2.24, 2.45) is 0 Å². The third kappa shape index (κ3) is 4.19. The van der Waals surface area contributed by atoms with Crippen molar-refractivity contribution in [2.75, 3.05) is 27.4 Å². The number of carbonyl (C=O) groups excluding carboxylic acids is 4. The Hall–Kier alpha value is -3.46. The Morgan fingerprint density at radius 1 is 1.00 bits per heavy atom. The Morgan fingerprint density at radius 2 is 1.76 bits per heavy atom. The van der Waals surface area contributed by atoms with E-state index in [9.17, 15) is 19.2 Å². The SMILES string of the molecule is COCCCN1C(=O)c2ccc(C(=O)OCc3ccc(C(=O)OC)o3)cc2C1=O. The van der Waals surface area contributed by atoms with Gasteiger partial charge in [0.25, 0.3) is 11.8 Å². The molecule has 0 N–H and O–H groups in total. The van der Waals surface area contributed by atoms with Crippen LogP contribution in [0.1, 0.15) is 53.8 Å². The van der Waals surface area contributed by atoms with Crippen molar-refractivity contribution in [3.8, 4) is 0 Å². The second kappa shape index (κ2) is 8.70. The Labute approximate surface area is 166 Å². The molecule has 29 heavy (non-hydrogen) atoms. The topological polar surface area (TPSA) is 112 Å². The molecule has 0 saturated heterocycles. The highest BCUT2D eigenvalue weighted by Crippen LogP contribution is 2.24. The molecule has 2 heterocycles. The van der Waals surface area contributed by atoms with E-state index in [-0.39, 0.29) is 41.4 Å². The normalized spacial score (nSPS) is 12.8. The average molecular weight is 401 g/mol. The van der Waals surface area contributed by atoms with E-state index < -0.39 is 23.8 Å². The van der Waals surface area contributed by atoms with Gasteiger partial charge >= 0.3 is 11.9 Å². The van der Waals surface area contributed by atoms with Crippen LogP contribution in [0, 0.1) is 0 Å². The fourth-order valence-corrected chi connectivity index (χ4v) is 2.87. The molecule has 1 aliphatic rings. The molecule has 0 atom stereocenters. The summed E-state index contributed by atoms with van der Waals surface area (Å²) in [6, 6.07) is 7.10. The van der Waals surface area contributed by atoms with E-state index in [2.05, 4.69) is 4.74 Å². The third-order valence-electron chi connectivity index (χ3n) is 4.33. The average Bonchev–Trinajstić information content (AvgIpc) is 3.30. The van der Waals surface area contributed by atoms with Gasteiger partial charge in [0.1, 0.15) is 12.4 Å². The van der Waals surface area contributed by atoms with Crippen LogP contribution in [-0.2, 0) is 20.8 Å². The monoisotopic (exact) mass is 401 g/mol. The van der Waals surface area contributed by atoms with Crippen LogP contribution in [0.25, 0.3) is 0 Å². The molecular formula is C20H19NO8. The molecule has 152 valence electrons.